The lowest BCUT2D eigenvalue weighted by molar-refractivity contribution is -0.138. The molecule has 0 aromatic heterocycles. The summed E-state index contributed by atoms with van der Waals surface area (Å²) in [6, 6.07) is 7.45. The predicted molar refractivity (Wildman–Crippen MR) is 84.9 cm³/mol. The summed E-state index contributed by atoms with van der Waals surface area (Å²) in [5.41, 5.74) is 1.45. The van der Waals surface area contributed by atoms with Crippen molar-refractivity contribution in [3.8, 4) is 5.75 Å². The van der Waals surface area contributed by atoms with Gasteiger partial charge < -0.3 is 14.8 Å². The van der Waals surface area contributed by atoms with E-state index >= 15 is 0 Å². The van der Waals surface area contributed by atoms with Gasteiger partial charge >= 0.3 is 12.1 Å². The van der Waals surface area contributed by atoms with Crippen LogP contribution in [-0.2, 0) is 9.53 Å². The van der Waals surface area contributed by atoms with Crippen LogP contribution in [0.1, 0.15) is 38.7 Å². The Morgan fingerprint density at radius 3 is 2.73 bits per heavy atom. The maximum atomic E-state index is 11.7. The van der Waals surface area contributed by atoms with Crippen molar-refractivity contribution < 1.29 is 19.1 Å². The Morgan fingerprint density at radius 2 is 2.09 bits per heavy atom. The first-order valence-corrected chi connectivity index (χ1v) is 7.32. The molecule has 1 amide bonds. The van der Waals surface area contributed by atoms with Gasteiger partial charge in [-0.2, -0.15) is 0 Å². The zero-order valence-electron chi connectivity index (χ0n) is 13.3. The first-order valence-electron chi connectivity index (χ1n) is 7.32. The normalized spacial score (nSPS) is 11.4. The van der Waals surface area contributed by atoms with Crippen molar-refractivity contribution in [3.05, 3.63) is 42.0 Å². The highest BCUT2D eigenvalue weighted by molar-refractivity contribution is 5.86. The molecule has 0 aliphatic rings. The number of benzene rings is 1. The standard InChI is InChI=1S/C17H23NO4/c1-5-13(4)14-7-6-8-15(11-14)22-17(20)18-9-10-21-16(19)12(2)3/h6-8,11,13H,2,5,9-10H2,1,3-4H3,(H,18,20). The number of amides is 1. The zero-order valence-corrected chi connectivity index (χ0v) is 13.3. The van der Waals surface area contributed by atoms with Crippen LogP contribution in [0.15, 0.2) is 36.4 Å². The third kappa shape index (κ3) is 5.99. The van der Waals surface area contributed by atoms with Gasteiger partial charge in [-0.3, -0.25) is 0 Å². The van der Waals surface area contributed by atoms with Gasteiger partial charge in [0.2, 0.25) is 0 Å². The number of hydrogen-bond acceptors (Lipinski definition) is 4. The van der Waals surface area contributed by atoms with E-state index in [9.17, 15) is 9.59 Å². The smallest absolute Gasteiger partial charge is 0.412 e. The van der Waals surface area contributed by atoms with Crippen LogP contribution >= 0.6 is 0 Å². The Labute approximate surface area is 131 Å². The van der Waals surface area contributed by atoms with Crippen LogP contribution in [0.2, 0.25) is 0 Å². The second-order valence-corrected chi connectivity index (χ2v) is 5.11. The van der Waals surface area contributed by atoms with Crippen molar-refractivity contribution in [1.82, 2.24) is 5.32 Å². The number of nitrogens with one attached hydrogen (secondary N) is 1. The molecule has 1 aromatic rings. The molecule has 5 heteroatoms. The number of hydrogen-bond donors (Lipinski definition) is 1. The highest BCUT2D eigenvalue weighted by Crippen LogP contribution is 2.22. The van der Waals surface area contributed by atoms with E-state index in [1.807, 2.05) is 18.2 Å². The summed E-state index contributed by atoms with van der Waals surface area (Å²) in [6.45, 7) is 9.52. The van der Waals surface area contributed by atoms with Crippen molar-refractivity contribution >= 4 is 12.1 Å². The molecule has 0 aliphatic heterocycles. The van der Waals surface area contributed by atoms with Crippen LogP contribution in [0.25, 0.3) is 0 Å². The monoisotopic (exact) mass is 305 g/mol. The fourth-order valence-electron chi connectivity index (χ4n) is 1.68. The summed E-state index contributed by atoms with van der Waals surface area (Å²) >= 11 is 0. The number of carbonyl (C=O) groups is 2. The van der Waals surface area contributed by atoms with E-state index in [4.69, 9.17) is 9.47 Å². The average Bonchev–Trinajstić information content (AvgIpc) is 2.50. The zero-order chi connectivity index (χ0) is 16.5. The largest absolute Gasteiger partial charge is 0.460 e. The highest BCUT2D eigenvalue weighted by atomic mass is 16.6. The van der Waals surface area contributed by atoms with E-state index in [2.05, 4.69) is 25.7 Å². The molecule has 1 rings (SSSR count). The van der Waals surface area contributed by atoms with Gasteiger partial charge in [0, 0.05) is 5.57 Å². The molecule has 0 saturated heterocycles. The lowest BCUT2D eigenvalue weighted by Crippen LogP contribution is -2.30. The maximum absolute atomic E-state index is 11.7. The van der Waals surface area contributed by atoms with Crippen LogP contribution in [-0.4, -0.2) is 25.2 Å². The molecule has 0 bridgehead atoms. The number of ether oxygens (including phenoxy) is 2. The SMILES string of the molecule is C=C(C)C(=O)OCCNC(=O)Oc1cccc(C(C)CC)c1. The maximum Gasteiger partial charge on any atom is 0.412 e. The lowest BCUT2D eigenvalue weighted by Gasteiger charge is -2.11. The Bertz CT molecular complexity index is 539. The minimum absolute atomic E-state index is 0.0771. The summed E-state index contributed by atoms with van der Waals surface area (Å²) in [5.74, 6) is 0.429. The summed E-state index contributed by atoms with van der Waals surface area (Å²) in [7, 11) is 0. The van der Waals surface area contributed by atoms with Gasteiger partial charge in [0.05, 0.1) is 6.54 Å². The molecule has 5 nitrogen and oxygen atoms in total. The Morgan fingerprint density at radius 1 is 1.36 bits per heavy atom. The third-order valence-electron chi connectivity index (χ3n) is 3.20. The van der Waals surface area contributed by atoms with Crippen LogP contribution < -0.4 is 10.1 Å². The number of carbonyl (C=O) groups excluding carboxylic acids is 2. The molecule has 0 heterocycles. The van der Waals surface area contributed by atoms with Gasteiger partial charge in [0.1, 0.15) is 12.4 Å². The van der Waals surface area contributed by atoms with Crippen molar-refractivity contribution in [1.29, 1.82) is 0 Å². The average molecular weight is 305 g/mol. The molecule has 1 aromatic carbocycles. The summed E-state index contributed by atoms with van der Waals surface area (Å²) in [4.78, 5) is 22.8. The van der Waals surface area contributed by atoms with E-state index in [0.29, 0.717) is 17.2 Å². The van der Waals surface area contributed by atoms with E-state index in [1.165, 1.54) is 0 Å². The molecule has 22 heavy (non-hydrogen) atoms. The lowest BCUT2D eigenvalue weighted by atomic mass is 9.99. The molecule has 1 atom stereocenters. The Hall–Kier alpha value is -2.30. The van der Waals surface area contributed by atoms with Crippen LogP contribution in [0.5, 0.6) is 5.75 Å². The van der Waals surface area contributed by atoms with Gasteiger partial charge in [-0.1, -0.05) is 32.6 Å². The second-order valence-electron chi connectivity index (χ2n) is 5.11. The number of rotatable bonds is 7. The molecule has 0 fully saturated rings. The van der Waals surface area contributed by atoms with Crippen molar-refractivity contribution in [2.24, 2.45) is 0 Å². The molecular formula is C17H23NO4. The Kier molecular flexibility index (Phi) is 7.16. The minimum Gasteiger partial charge on any atom is -0.460 e. The molecule has 0 radical (unpaired) electrons. The second kappa shape index (κ2) is 8.87. The quantitative estimate of drug-likeness (QED) is 0.476. The predicted octanol–water partition coefficient (Wildman–Crippen LogP) is 3.41. The molecule has 0 saturated carbocycles. The number of esters is 1. The summed E-state index contributed by atoms with van der Waals surface area (Å²) in [5, 5.41) is 2.52. The first-order chi connectivity index (χ1) is 10.4. The molecule has 0 aliphatic carbocycles. The first kappa shape index (κ1) is 17.8. The summed E-state index contributed by atoms with van der Waals surface area (Å²) < 4.78 is 10.1. The van der Waals surface area contributed by atoms with E-state index in [-0.39, 0.29) is 13.2 Å². The van der Waals surface area contributed by atoms with Gasteiger partial charge in [-0.25, -0.2) is 9.59 Å². The Balaban J connectivity index is 2.39. The molecule has 0 spiro atoms. The van der Waals surface area contributed by atoms with Crippen LogP contribution in [0, 0.1) is 0 Å². The van der Waals surface area contributed by atoms with E-state index < -0.39 is 12.1 Å². The van der Waals surface area contributed by atoms with E-state index in [0.717, 1.165) is 12.0 Å². The topological polar surface area (TPSA) is 64.6 Å². The van der Waals surface area contributed by atoms with Gasteiger partial charge in [-0.05, 0) is 37.0 Å². The van der Waals surface area contributed by atoms with Gasteiger partial charge in [0.25, 0.3) is 0 Å². The highest BCUT2D eigenvalue weighted by Gasteiger charge is 2.08. The van der Waals surface area contributed by atoms with Crippen LogP contribution in [0.4, 0.5) is 4.79 Å². The van der Waals surface area contributed by atoms with Gasteiger partial charge in [0.15, 0.2) is 0 Å². The van der Waals surface area contributed by atoms with E-state index in [1.54, 1.807) is 13.0 Å². The molecule has 1 N–H and O–H groups in total. The van der Waals surface area contributed by atoms with Crippen molar-refractivity contribution in [2.45, 2.75) is 33.1 Å². The fourth-order valence-corrected chi connectivity index (χ4v) is 1.68. The minimum atomic E-state index is -0.576. The van der Waals surface area contributed by atoms with Crippen molar-refractivity contribution in [3.63, 3.8) is 0 Å². The van der Waals surface area contributed by atoms with Crippen molar-refractivity contribution in [2.75, 3.05) is 13.2 Å². The van der Waals surface area contributed by atoms with Gasteiger partial charge in [-0.15, -0.1) is 0 Å². The third-order valence-corrected chi connectivity index (χ3v) is 3.20. The summed E-state index contributed by atoms with van der Waals surface area (Å²) in [6.07, 6.45) is 0.441. The fraction of sp³-hybridized carbons (Fsp3) is 0.412. The van der Waals surface area contributed by atoms with Crippen LogP contribution in [0.3, 0.4) is 0 Å². The molecule has 120 valence electrons. The molecular weight excluding hydrogens is 282 g/mol. The molecule has 1 unspecified atom stereocenters.